The molecule has 0 unspecified atom stereocenters. The van der Waals surface area contributed by atoms with Crippen LogP contribution in [0, 0.1) is 0 Å². The van der Waals surface area contributed by atoms with Crippen LogP contribution in [0.1, 0.15) is 13.8 Å². The van der Waals surface area contributed by atoms with E-state index in [0.717, 1.165) is 0 Å². The molecule has 0 aliphatic carbocycles. The zero-order chi connectivity index (χ0) is 10.9. The first kappa shape index (κ1) is 13.7. The molecule has 0 aliphatic rings. The van der Waals surface area contributed by atoms with Crippen molar-refractivity contribution in [2.45, 2.75) is 19.8 Å². The summed E-state index contributed by atoms with van der Waals surface area (Å²) in [4.78, 5) is 0. The van der Waals surface area contributed by atoms with E-state index in [1.807, 2.05) is 6.92 Å². The molecule has 0 spiro atoms. The summed E-state index contributed by atoms with van der Waals surface area (Å²) >= 11 is 0. The van der Waals surface area contributed by atoms with Gasteiger partial charge in [0.25, 0.3) is 5.92 Å². The molecule has 0 aromatic heterocycles. The first-order valence-corrected chi connectivity index (χ1v) is 4.86. The van der Waals surface area contributed by atoms with E-state index in [9.17, 15) is 8.78 Å². The molecule has 14 heavy (non-hydrogen) atoms. The Morgan fingerprint density at radius 1 is 1.14 bits per heavy atom. The number of hydrogen-bond donors (Lipinski definition) is 1. The summed E-state index contributed by atoms with van der Waals surface area (Å²) < 4.78 is 35.5. The summed E-state index contributed by atoms with van der Waals surface area (Å²) in [6.45, 7) is 4.45. The van der Waals surface area contributed by atoms with E-state index in [4.69, 9.17) is 9.47 Å². The summed E-state index contributed by atoms with van der Waals surface area (Å²) in [5.74, 6) is -2.79. The van der Waals surface area contributed by atoms with Crippen molar-refractivity contribution < 1.29 is 18.3 Å². The monoisotopic (exact) mass is 211 g/mol. The lowest BCUT2D eigenvalue weighted by Crippen LogP contribution is -2.37. The Hall–Kier alpha value is -0.260. The molecule has 0 aliphatic heterocycles. The predicted octanol–water partition coefficient (Wildman–Crippen LogP) is 1.28. The molecule has 0 rings (SSSR count). The molecule has 0 saturated heterocycles. The predicted molar refractivity (Wildman–Crippen MR) is 50.8 cm³/mol. The van der Waals surface area contributed by atoms with E-state index in [1.165, 1.54) is 0 Å². The van der Waals surface area contributed by atoms with Crippen LogP contribution in [-0.4, -0.2) is 45.4 Å². The summed E-state index contributed by atoms with van der Waals surface area (Å²) in [7, 11) is 0. The van der Waals surface area contributed by atoms with Crippen molar-refractivity contribution in [2.75, 3.05) is 39.5 Å². The van der Waals surface area contributed by atoms with E-state index in [2.05, 4.69) is 5.32 Å². The van der Waals surface area contributed by atoms with E-state index in [-0.39, 0.29) is 13.2 Å². The molecule has 86 valence electrons. The van der Waals surface area contributed by atoms with Gasteiger partial charge in [-0.15, -0.1) is 0 Å². The maximum atomic E-state index is 12.9. The first-order valence-electron chi connectivity index (χ1n) is 4.86. The maximum Gasteiger partial charge on any atom is 0.283 e. The second kappa shape index (κ2) is 8.08. The highest BCUT2D eigenvalue weighted by molar-refractivity contribution is 4.67. The van der Waals surface area contributed by atoms with E-state index >= 15 is 0 Å². The number of nitrogens with one attached hydrogen (secondary N) is 1. The number of ether oxygens (including phenoxy) is 2. The van der Waals surface area contributed by atoms with Crippen LogP contribution in [0.5, 0.6) is 0 Å². The Balaban J connectivity index is 3.35. The molecule has 0 fully saturated rings. The lowest BCUT2D eigenvalue weighted by atomic mass is 10.3. The van der Waals surface area contributed by atoms with Crippen molar-refractivity contribution in [3.63, 3.8) is 0 Å². The largest absolute Gasteiger partial charge is 0.379 e. The molecule has 0 amide bonds. The van der Waals surface area contributed by atoms with Gasteiger partial charge in [0.2, 0.25) is 0 Å². The van der Waals surface area contributed by atoms with Gasteiger partial charge in [-0.3, -0.25) is 0 Å². The van der Waals surface area contributed by atoms with Crippen molar-refractivity contribution in [2.24, 2.45) is 0 Å². The van der Waals surface area contributed by atoms with Gasteiger partial charge in [-0.05, 0) is 13.5 Å². The standard InChI is InChI=1S/C9H19F2NO2/c1-3-12-7-9(10,11)8-14-6-5-13-4-2/h12H,3-8H2,1-2H3. The normalized spacial score (nSPS) is 12.0. The molecule has 0 aromatic carbocycles. The topological polar surface area (TPSA) is 30.5 Å². The second-order valence-electron chi connectivity index (χ2n) is 2.89. The van der Waals surface area contributed by atoms with Crippen molar-refractivity contribution >= 4 is 0 Å². The molecular formula is C9H19F2NO2. The summed E-state index contributed by atoms with van der Waals surface area (Å²) in [6, 6.07) is 0. The fourth-order valence-electron chi connectivity index (χ4n) is 0.843. The maximum absolute atomic E-state index is 12.9. The van der Waals surface area contributed by atoms with E-state index in [1.54, 1.807) is 6.92 Å². The molecule has 0 radical (unpaired) electrons. The van der Waals surface area contributed by atoms with Crippen LogP contribution in [0.3, 0.4) is 0 Å². The minimum atomic E-state index is -2.79. The molecule has 0 heterocycles. The Labute approximate surface area is 83.8 Å². The van der Waals surface area contributed by atoms with Crippen LogP contribution in [-0.2, 0) is 9.47 Å². The number of halogens is 2. The average Bonchev–Trinajstić information content (AvgIpc) is 2.15. The van der Waals surface area contributed by atoms with Gasteiger partial charge in [-0.25, -0.2) is 8.78 Å². The minimum Gasteiger partial charge on any atom is -0.379 e. The Kier molecular flexibility index (Phi) is 7.93. The molecule has 3 nitrogen and oxygen atoms in total. The fraction of sp³-hybridized carbons (Fsp3) is 1.00. The van der Waals surface area contributed by atoms with Gasteiger partial charge in [0, 0.05) is 6.61 Å². The fourth-order valence-corrected chi connectivity index (χ4v) is 0.843. The Morgan fingerprint density at radius 2 is 1.79 bits per heavy atom. The van der Waals surface area contributed by atoms with Crippen LogP contribution in [0.4, 0.5) is 8.78 Å². The average molecular weight is 211 g/mol. The third kappa shape index (κ3) is 8.34. The Bertz CT molecular complexity index is 134. The third-order valence-electron chi connectivity index (χ3n) is 1.52. The second-order valence-corrected chi connectivity index (χ2v) is 2.89. The molecule has 0 atom stereocenters. The molecule has 0 aromatic rings. The summed E-state index contributed by atoms with van der Waals surface area (Å²) in [6.07, 6.45) is 0. The van der Waals surface area contributed by atoms with Gasteiger partial charge in [-0.2, -0.15) is 0 Å². The highest BCUT2D eigenvalue weighted by Crippen LogP contribution is 2.11. The smallest absolute Gasteiger partial charge is 0.283 e. The molecule has 0 bridgehead atoms. The zero-order valence-electron chi connectivity index (χ0n) is 8.82. The molecule has 1 N–H and O–H groups in total. The number of hydrogen-bond acceptors (Lipinski definition) is 3. The number of alkyl halides is 2. The van der Waals surface area contributed by atoms with Crippen LogP contribution in [0.15, 0.2) is 0 Å². The van der Waals surface area contributed by atoms with Crippen molar-refractivity contribution in [1.82, 2.24) is 5.32 Å². The SMILES string of the molecule is CCNCC(F)(F)COCCOCC. The van der Waals surface area contributed by atoms with Crippen molar-refractivity contribution in [3.8, 4) is 0 Å². The Morgan fingerprint density at radius 3 is 2.36 bits per heavy atom. The highest BCUT2D eigenvalue weighted by atomic mass is 19.3. The summed E-state index contributed by atoms with van der Waals surface area (Å²) in [5, 5.41) is 2.58. The van der Waals surface area contributed by atoms with Crippen molar-refractivity contribution in [3.05, 3.63) is 0 Å². The van der Waals surface area contributed by atoms with Crippen LogP contribution < -0.4 is 5.32 Å². The zero-order valence-corrected chi connectivity index (χ0v) is 8.82. The van der Waals surface area contributed by atoms with Gasteiger partial charge in [0.15, 0.2) is 0 Å². The van der Waals surface area contributed by atoms with Crippen molar-refractivity contribution in [1.29, 1.82) is 0 Å². The molecular weight excluding hydrogens is 192 g/mol. The summed E-state index contributed by atoms with van der Waals surface area (Å²) in [5.41, 5.74) is 0. The van der Waals surface area contributed by atoms with Gasteiger partial charge >= 0.3 is 0 Å². The quantitative estimate of drug-likeness (QED) is 0.583. The van der Waals surface area contributed by atoms with Gasteiger partial charge < -0.3 is 14.8 Å². The van der Waals surface area contributed by atoms with Gasteiger partial charge in [0.1, 0.15) is 6.61 Å². The number of rotatable bonds is 9. The first-order chi connectivity index (χ1) is 6.62. The van der Waals surface area contributed by atoms with E-state index < -0.39 is 12.5 Å². The lowest BCUT2D eigenvalue weighted by molar-refractivity contribution is -0.0824. The molecule has 5 heteroatoms. The van der Waals surface area contributed by atoms with E-state index in [0.29, 0.717) is 19.8 Å². The van der Waals surface area contributed by atoms with Crippen LogP contribution in [0.2, 0.25) is 0 Å². The minimum absolute atomic E-state index is 0.218. The molecule has 0 saturated carbocycles. The van der Waals surface area contributed by atoms with Gasteiger partial charge in [0.05, 0.1) is 19.8 Å². The van der Waals surface area contributed by atoms with Crippen LogP contribution in [0.25, 0.3) is 0 Å². The highest BCUT2D eigenvalue weighted by Gasteiger charge is 2.28. The van der Waals surface area contributed by atoms with Crippen LogP contribution >= 0.6 is 0 Å². The lowest BCUT2D eigenvalue weighted by Gasteiger charge is -2.16. The van der Waals surface area contributed by atoms with Gasteiger partial charge in [-0.1, -0.05) is 6.92 Å². The third-order valence-corrected chi connectivity index (χ3v) is 1.52.